The van der Waals surface area contributed by atoms with E-state index >= 15 is 0 Å². The quantitative estimate of drug-likeness (QED) is 0.454. The number of carbonyl (C=O) groups excluding carboxylic acids is 2. The Morgan fingerprint density at radius 3 is 2.63 bits per heavy atom. The minimum atomic E-state index is -1.40. The lowest BCUT2D eigenvalue weighted by Gasteiger charge is -2.31. The van der Waals surface area contributed by atoms with E-state index in [4.69, 9.17) is 9.47 Å². The molecule has 0 aromatic carbocycles. The van der Waals surface area contributed by atoms with Crippen LogP contribution in [0.15, 0.2) is 0 Å². The van der Waals surface area contributed by atoms with Crippen LogP contribution in [0.4, 0.5) is 4.79 Å². The largest absolute Gasteiger partial charge is 0.457 e. The standard InChI is InChI=1S/C11H18N2O6/c1-10(2,3)19-9(15)12-7-5-11(4,13(16)17)6-18-8(7)14/h7H,5-6H2,1-4H3,(H,12,15). The van der Waals surface area contributed by atoms with E-state index in [1.807, 2.05) is 0 Å². The van der Waals surface area contributed by atoms with Crippen LogP contribution in [0.1, 0.15) is 34.1 Å². The van der Waals surface area contributed by atoms with Crippen molar-refractivity contribution in [2.45, 2.75) is 51.3 Å². The molecule has 0 bridgehead atoms. The maximum absolute atomic E-state index is 11.5. The molecule has 0 aromatic heterocycles. The van der Waals surface area contributed by atoms with Gasteiger partial charge in [-0.25, -0.2) is 9.59 Å². The Bertz CT molecular complexity index is 402. The summed E-state index contributed by atoms with van der Waals surface area (Å²) in [6, 6.07) is -1.07. The van der Waals surface area contributed by atoms with Crippen LogP contribution in [0.3, 0.4) is 0 Å². The van der Waals surface area contributed by atoms with Gasteiger partial charge in [-0.15, -0.1) is 0 Å². The summed E-state index contributed by atoms with van der Waals surface area (Å²) in [4.78, 5) is 33.4. The fraction of sp³-hybridized carbons (Fsp3) is 0.818. The second kappa shape index (κ2) is 5.02. The molecule has 0 radical (unpaired) electrons. The number of hydrogen-bond acceptors (Lipinski definition) is 6. The summed E-state index contributed by atoms with van der Waals surface area (Å²) in [5, 5.41) is 13.2. The van der Waals surface area contributed by atoms with Crippen LogP contribution in [0, 0.1) is 10.1 Å². The van der Waals surface area contributed by atoms with Crippen LogP contribution in [0.5, 0.6) is 0 Å². The first kappa shape index (κ1) is 15.2. The van der Waals surface area contributed by atoms with Gasteiger partial charge in [0.15, 0.2) is 6.61 Å². The average Bonchev–Trinajstić information content (AvgIpc) is 2.20. The molecule has 1 aliphatic rings. The molecule has 1 heterocycles. The highest BCUT2D eigenvalue weighted by atomic mass is 16.6. The molecule has 2 unspecified atom stereocenters. The average molecular weight is 274 g/mol. The zero-order chi connectivity index (χ0) is 14.8. The van der Waals surface area contributed by atoms with Gasteiger partial charge < -0.3 is 14.8 Å². The summed E-state index contributed by atoms with van der Waals surface area (Å²) in [6.07, 6.45) is -0.931. The molecule has 0 aromatic rings. The van der Waals surface area contributed by atoms with Gasteiger partial charge in [0, 0.05) is 11.8 Å². The molecule has 1 aliphatic heterocycles. The van der Waals surface area contributed by atoms with Gasteiger partial charge >= 0.3 is 12.1 Å². The number of nitrogens with zero attached hydrogens (tertiary/aromatic N) is 1. The van der Waals surface area contributed by atoms with E-state index in [9.17, 15) is 19.7 Å². The van der Waals surface area contributed by atoms with E-state index in [1.165, 1.54) is 6.92 Å². The third-order valence-electron chi connectivity index (χ3n) is 2.59. The number of nitro groups is 1. The number of ether oxygens (including phenoxy) is 2. The topological polar surface area (TPSA) is 108 Å². The molecule has 1 saturated heterocycles. The number of alkyl carbamates (subject to hydrolysis) is 1. The highest BCUT2D eigenvalue weighted by Gasteiger charge is 2.48. The van der Waals surface area contributed by atoms with Crippen LogP contribution in [0.25, 0.3) is 0 Å². The summed E-state index contributed by atoms with van der Waals surface area (Å²) in [7, 11) is 0. The van der Waals surface area contributed by atoms with Gasteiger partial charge in [0.05, 0.1) is 6.42 Å². The lowest BCUT2D eigenvalue weighted by Crippen LogP contribution is -2.56. The molecule has 1 rings (SSSR count). The smallest absolute Gasteiger partial charge is 0.408 e. The van der Waals surface area contributed by atoms with Crippen molar-refractivity contribution in [3.8, 4) is 0 Å². The molecular formula is C11H18N2O6. The van der Waals surface area contributed by atoms with E-state index in [2.05, 4.69) is 5.32 Å². The first-order valence-corrected chi connectivity index (χ1v) is 5.84. The van der Waals surface area contributed by atoms with Gasteiger partial charge in [-0.05, 0) is 20.8 Å². The summed E-state index contributed by atoms with van der Waals surface area (Å²) in [5.74, 6) is -0.690. The van der Waals surface area contributed by atoms with Crippen molar-refractivity contribution in [2.75, 3.05) is 6.61 Å². The maximum Gasteiger partial charge on any atom is 0.408 e. The Kier molecular flexibility index (Phi) is 4.02. The SMILES string of the molecule is CC(C)(C)OC(=O)NC1CC(C)([N+](=O)[O-])COC1=O. The number of hydrogen-bond donors (Lipinski definition) is 1. The van der Waals surface area contributed by atoms with Crippen molar-refractivity contribution in [2.24, 2.45) is 0 Å². The van der Waals surface area contributed by atoms with Gasteiger partial charge in [-0.1, -0.05) is 0 Å². The molecule has 1 amide bonds. The highest BCUT2D eigenvalue weighted by molar-refractivity contribution is 5.82. The lowest BCUT2D eigenvalue weighted by atomic mass is 9.92. The molecule has 1 fully saturated rings. The Labute approximate surface area is 110 Å². The van der Waals surface area contributed by atoms with Crippen LogP contribution in [-0.2, 0) is 14.3 Å². The van der Waals surface area contributed by atoms with Crippen LogP contribution >= 0.6 is 0 Å². The number of esters is 1. The van der Waals surface area contributed by atoms with Gasteiger partial charge in [0.25, 0.3) is 5.54 Å². The van der Waals surface area contributed by atoms with E-state index in [-0.39, 0.29) is 13.0 Å². The minimum absolute atomic E-state index is 0.127. The van der Waals surface area contributed by atoms with E-state index in [0.717, 1.165) is 0 Å². The Balaban J connectivity index is 2.68. The van der Waals surface area contributed by atoms with E-state index < -0.39 is 34.2 Å². The first-order chi connectivity index (χ1) is 8.53. The molecule has 1 N–H and O–H groups in total. The first-order valence-electron chi connectivity index (χ1n) is 5.84. The van der Waals surface area contributed by atoms with Crippen molar-refractivity contribution in [3.63, 3.8) is 0 Å². The number of rotatable bonds is 2. The second-order valence-corrected chi connectivity index (χ2v) is 5.76. The Hall–Kier alpha value is -1.86. The van der Waals surface area contributed by atoms with E-state index in [0.29, 0.717) is 0 Å². The van der Waals surface area contributed by atoms with Crippen molar-refractivity contribution >= 4 is 12.1 Å². The third kappa shape index (κ3) is 4.08. The zero-order valence-electron chi connectivity index (χ0n) is 11.4. The molecule has 0 saturated carbocycles. The summed E-state index contributed by atoms with van der Waals surface area (Å²) in [6.45, 7) is 6.08. The summed E-state index contributed by atoms with van der Waals surface area (Å²) in [5.41, 5.74) is -2.11. The molecular weight excluding hydrogens is 256 g/mol. The molecule has 0 aliphatic carbocycles. The molecule has 19 heavy (non-hydrogen) atoms. The van der Waals surface area contributed by atoms with Gasteiger partial charge in [0.2, 0.25) is 0 Å². The van der Waals surface area contributed by atoms with Crippen molar-refractivity contribution in [3.05, 3.63) is 10.1 Å². The number of nitrogens with one attached hydrogen (secondary N) is 1. The van der Waals surface area contributed by atoms with Crippen LogP contribution in [-0.4, -0.2) is 40.8 Å². The molecule has 2 atom stereocenters. The Morgan fingerprint density at radius 1 is 1.58 bits per heavy atom. The lowest BCUT2D eigenvalue weighted by molar-refractivity contribution is -0.572. The number of cyclic esters (lactones) is 1. The van der Waals surface area contributed by atoms with Crippen LogP contribution in [0.2, 0.25) is 0 Å². The van der Waals surface area contributed by atoms with Crippen molar-refractivity contribution in [1.82, 2.24) is 5.32 Å². The number of amides is 1. The normalized spacial score (nSPS) is 27.4. The number of carbonyl (C=O) groups is 2. The van der Waals surface area contributed by atoms with Gasteiger partial charge in [0.1, 0.15) is 11.6 Å². The Morgan fingerprint density at radius 2 is 2.16 bits per heavy atom. The minimum Gasteiger partial charge on any atom is -0.457 e. The highest BCUT2D eigenvalue weighted by Crippen LogP contribution is 2.23. The predicted octanol–water partition coefficient (Wildman–Crippen LogP) is 0.862. The summed E-state index contributed by atoms with van der Waals surface area (Å²) < 4.78 is 9.74. The molecule has 8 heteroatoms. The van der Waals surface area contributed by atoms with Crippen molar-refractivity contribution in [1.29, 1.82) is 0 Å². The van der Waals surface area contributed by atoms with E-state index in [1.54, 1.807) is 20.8 Å². The predicted molar refractivity (Wildman–Crippen MR) is 64.1 cm³/mol. The van der Waals surface area contributed by atoms with Crippen molar-refractivity contribution < 1.29 is 24.0 Å². The molecule has 0 spiro atoms. The third-order valence-corrected chi connectivity index (χ3v) is 2.59. The second-order valence-electron chi connectivity index (χ2n) is 5.76. The zero-order valence-corrected chi connectivity index (χ0v) is 11.4. The van der Waals surface area contributed by atoms with Crippen LogP contribution < -0.4 is 5.32 Å². The van der Waals surface area contributed by atoms with Gasteiger partial charge in [-0.2, -0.15) is 0 Å². The summed E-state index contributed by atoms with van der Waals surface area (Å²) >= 11 is 0. The fourth-order valence-electron chi connectivity index (χ4n) is 1.60. The molecule has 108 valence electrons. The fourth-order valence-corrected chi connectivity index (χ4v) is 1.60. The molecule has 8 nitrogen and oxygen atoms in total. The van der Waals surface area contributed by atoms with Gasteiger partial charge in [-0.3, -0.25) is 10.1 Å². The maximum atomic E-state index is 11.5. The monoisotopic (exact) mass is 274 g/mol.